The average molecular weight is 468 g/mol. The van der Waals surface area contributed by atoms with Crippen molar-refractivity contribution in [3.63, 3.8) is 0 Å². The van der Waals surface area contributed by atoms with E-state index in [9.17, 15) is 9.59 Å². The first-order valence-corrected chi connectivity index (χ1v) is 12.8. The van der Waals surface area contributed by atoms with E-state index in [2.05, 4.69) is 50.4 Å². The van der Waals surface area contributed by atoms with Gasteiger partial charge in [0.1, 0.15) is 18.8 Å². The first-order valence-electron chi connectivity index (χ1n) is 11.8. The minimum absolute atomic E-state index is 0.0176. The molecule has 1 saturated carbocycles. The Morgan fingerprint density at radius 3 is 2.15 bits per heavy atom. The predicted octanol–water partition coefficient (Wildman–Crippen LogP) is 5.91. The van der Waals surface area contributed by atoms with Gasteiger partial charge in [-0.1, -0.05) is 69.3 Å². The SMILES string of the molecule is CC(C)(C)SC[C@@H](NC(=O)OCC1c2ccccc2-c2ccccc21)C(=O)OC1CCCC1. The van der Waals surface area contributed by atoms with Crippen molar-refractivity contribution in [3.8, 4) is 11.1 Å². The lowest BCUT2D eigenvalue weighted by Crippen LogP contribution is -2.45. The lowest BCUT2D eigenvalue weighted by Gasteiger charge is -2.24. The number of rotatable bonds is 7. The van der Waals surface area contributed by atoms with Crippen LogP contribution >= 0.6 is 11.8 Å². The van der Waals surface area contributed by atoms with Crippen LogP contribution < -0.4 is 5.32 Å². The van der Waals surface area contributed by atoms with Crippen molar-refractivity contribution >= 4 is 23.8 Å². The van der Waals surface area contributed by atoms with Crippen LogP contribution in [0.2, 0.25) is 0 Å². The van der Waals surface area contributed by atoms with E-state index < -0.39 is 12.1 Å². The van der Waals surface area contributed by atoms with E-state index in [1.807, 2.05) is 24.3 Å². The molecule has 1 atom stereocenters. The van der Waals surface area contributed by atoms with Crippen LogP contribution in [0, 0.1) is 0 Å². The molecule has 0 bridgehead atoms. The molecule has 0 radical (unpaired) electrons. The molecular formula is C27H33NO4S. The van der Waals surface area contributed by atoms with E-state index in [-0.39, 0.29) is 29.3 Å². The van der Waals surface area contributed by atoms with Crippen molar-refractivity contribution < 1.29 is 19.1 Å². The van der Waals surface area contributed by atoms with Gasteiger partial charge in [-0.3, -0.25) is 0 Å². The monoisotopic (exact) mass is 467 g/mol. The zero-order chi connectivity index (χ0) is 23.4. The van der Waals surface area contributed by atoms with E-state index >= 15 is 0 Å². The Labute approximate surface area is 200 Å². The van der Waals surface area contributed by atoms with Gasteiger partial charge in [0.15, 0.2) is 0 Å². The predicted molar refractivity (Wildman–Crippen MR) is 133 cm³/mol. The molecule has 33 heavy (non-hydrogen) atoms. The Kier molecular flexibility index (Phi) is 7.32. The van der Waals surface area contributed by atoms with Crippen LogP contribution in [0.1, 0.15) is 63.5 Å². The highest BCUT2D eigenvalue weighted by Gasteiger charge is 2.31. The van der Waals surface area contributed by atoms with Gasteiger partial charge in [-0.25, -0.2) is 9.59 Å². The highest BCUT2D eigenvalue weighted by molar-refractivity contribution is 8.00. The van der Waals surface area contributed by atoms with Gasteiger partial charge >= 0.3 is 12.1 Å². The summed E-state index contributed by atoms with van der Waals surface area (Å²) in [6.45, 7) is 6.48. The van der Waals surface area contributed by atoms with Gasteiger partial charge in [-0.2, -0.15) is 11.8 Å². The summed E-state index contributed by atoms with van der Waals surface area (Å²) < 4.78 is 11.3. The second-order valence-corrected chi connectivity index (χ2v) is 11.6. The normalized spacial score (nSPS) is 16.7. The molecule has 0 aliphatic heterocycles. The summed E-state index contributed by atoms with van der Waals surface area (Å²) in [5.41, 5.74) is 4.68. The molecule has 2 aliphatic carbocycles. The number of ether oxygens (including phenoxy) is 2. The van der Waals surface area contributed by atoms with E-state index in [4.69, 9.17) is 9.47 Å². The fraction of sp³-hybridized carbons (Fsp3) is 0.481. The molecule has 0 saturated heterocycles. The van der Waals surface area contributed by atoms with Gasteiger partial charge in [0.05, 0.1) is 0 Å². The Balaban J connectivity index is 1.40. The lowest BCUT2D eigenvalue weighted by atomic mass is 9.98. The second-order valence-electron chi connectivity index (χ2n) is 9.79. The highest BCUT2D eigenvalue weighted by Crippen LogP contribution is 2.44. The smallest absolute Gasteiger partial charge is 0.407 e. The molecule has 0 unspecified atom stereocenters. The number of carbonyl (C=O) groups excluding carboxylic acids is 2. The molecule has 0 heterocycles. The van der Waals surface area contributed by atoms with Crippen LogP contribution in [0.5, 0.6) is 0 Å². The number of thioether (sulfide) groups is 1. The van der Waals surface area contributed by atoms with Crippen molar-refractivity contribution in [1.29, 1.82) is 0 Å². The number of fused-ring (bicyclic) bond motifs is 3. The van der Waals surface area contributed by atoms with Crippen molar-refractivity contribution in [3.05, 3.63) is 59.7 Å². The Hall–Kier alpha value is -2.47. The summed E-state index contributed by atoms with van der Waals surface area (Å²) in [6, 6.07) is 15.7. The molecule has 1 fully saturated rings. The number of esters is 1. The molecular weight excluding hydrogens is 434 g/mol. The molecule has 5 nitrogen and oxygen atoms in total. The average Bonchev–Trinajstić information content (AvgIpc) is 3.40. The topological polar surface area (TPSA) is 64.6 Å². The van der Waals surface area contributed by atoms with E-state index in [1.165, 1.54) is 11.1 Å². The first-order chi connectivity index (χ1) is 15.8. The molecule has 176 valence electrons. The number of hydrogen-bond donors (Lipinski definition) is 1. The number of benzene rings is 2. The van der Waals surface area contributed by atoms with E-state index in [1.54, 1.807) is 11.8 Å². The molecule has 0 spiro atoms. The molecule has 2 aromatic rings. The quantitative estimate of drug-likeness (QED) is 0.513. The van der Waals surface area contributed by atoms with Crippen LogP contribution in [-0.2, 0) is 14.3 Å². The Morgan fingerprint density at radius 1 is 1.00 bits per heavy atom. The van der Waals surface area contributed by atoms with Gasteiger partial charge < -0.3 is 14.8 Å². The van der Waals surface area contributed by atoms with Gasteiger partial charge in [-0.05, 0) is 47.9 Å². The molecule has 2 aromatic carbocycles. The summed E-state index contributed by atoms with van der Waals surface area (Å²) in [4.78, 5) is 25.6. The van der Waals surface area contributed by atoms with Gasteiger partial charge in [0, 0.05) is 16.4 Å². The number of carbonyl (C=O) groups is 2. The van der Waals surface area contributed by atoms with Crippen LogP contribution in [0.15, 0.2) is 48.5 Å². The molecule has 1 amide bonds. The fourth-order valence-corrected chi connectivity index (χ4v) is 5.42. The third-order valence-corrected chi connectivity index (χ3v) is 7.55. The number of nitrogens with one attached hydrogen (secondary N) is 1. The number of hydrogen-bond acceptors (Lipinski definition) is 5. The third kappa shape index (κ3) is 5.91. The zero-order valence-corrected chi connectivity index (χ0v) is 20.5. The summed E-state index contributed by atoms with van der Waals surface area (Å²) in [5, 5.41) is 2.78. The Bertz CT molecular complexity index is 948. The summed E-state index contributed by atoms with van der Waals surface area (Å²) in [5.74, 6) is 0.0577. The minimum atomic E-state index is -0.731. The number of amides is 1. The van der Waals surface area contributed by atoms with Crippen LogP contribution in [-0.4, -0.2) is 41.3 Å². The molecule has 0 aromatic heterocycles. The highest BCUT2D eigenvalue weighted by atomic mass is 32.2. The summed E-state index contributed by atoms with van der Waals surface area (Å²) in [7, 11) is 0. The standard InChI is InChI=1S/C27H33NO4S/c1-27(2,3)33-17-24(25(29)32-18-10-4-5-11-18)28-26(30)31-16-23-21-14-8-6-12-19(21)20-13-7-9-15-22(20)23/h6-9,12-15,18,23-24H,4-5,10-11,16-17H2,1-3H3,(H,28,30)/t24-/m1/s1. The summed E-state index contributed by atoms with van der Waals surface area (Å²) in [6.07, 6.45) is 3.34. The largest absolute Gasteiger partial charge is 0.461 e. The lowest BCUT2D eigenvalue weighted by molar-refractivity contribution is -0.150. The molecule has 1 N–H and O–H groups in total. The molecule has 4 rings (SSSR count). The minimum Gasteiger partial charge on any atom is -0.461 e. The van der Waals surface area contributed by atoms with Crippen molar-refractivity contribution in [2.45, 2.75) is 69.3 Å². The van der Waals surface area contributed by atoms with Crippen LogP contribution in [0.4, 0.5) is 4.79 Å². The van der Waals surface area contributed by atoms with Crippen molar-refractivity contribution in [2.24, 2.45) is 0 Å². The first kappa shape index (κ1) is 23.7. The van der Waals surface area contributed by atoms with E-state index in [0.29, 0.717) is 5.75 Å². The van der Waals surface area contributed by atoms with Crippen molar-refractivity contribution in [2.75, 3.05) is 12.4 Å². The van der Waals surface area contributed by atoms with Crippen molar-refractivity contribution in [1.82, 2.24) is 5.32 Å². The van der Waals surface area contributed by atoms with Crippen LogP contribution in [0.25, 0.3) is 11.1 Å². The maximum absolute atomic E-state index is 12.8. The second kappa shape index (κ2) is 10.2. The zero-order valence-electron chi connectivity index (χ0n) is 19.6. The van der Waals surface area contributed by atoms with E-state index in [0.717, 1.165) is 36.8 Å². The molecule has 6 heteroatoms. The summed E-state index contributed by atoms with van der Waals surface area (Å²) >= 11 is 1.62. The number of alkyl carbamates (subject to hydrolysis) is 1. The van der Waals surface area contributed by atoms with Gasteiger partial charge in [0.2, 0.25) is 0 Å². The van der Waals surface area contributed by atoms with Crippen LogP contribution in [0.3, 0.4) is 0 Å². The fourth-order valence-electron chi connectivity index (χ4n) is 4.54. The van der Waals surface area contributed by atoms with Gasteiger partial charge in [-0.15, -0.1) is 0 Å². The Morgan fingerprint density at radius 2 is 1.58 bits per heavy atom. The third-order valence-electron chi connectivity index (χ3n) is 6.19. The molecule has 2 aliphatic rings. The maximum atomic E-state index is 12.8. The van der Waals surface area contributed by atoms with Gasteiger partial charge in [0.25, 0.3) is 0 Å². The maximum Gasteiger partial charge on any atom is 0.407 e.